The van der Waals surface area contributed by atoms with E-state index in [1.165, 1.54) is 13.8 Å². The summed E-state index contributed by atoms with van der Waals surface area (Å²) in [5.74, 6) is 0.291. The van der Waals surface area contributed by atoms with Gasteiger partial charge in [0.1, 0.15) is 5.60 Å². The number of piperidine rings is 1. The zero-order valence-electron chi connectivity index (χ0n) is 10.6. The highest BCUT2D eigenvalue weighted by Crippen LogP contribution is 2.16. The molecule has 0 saturated carbocycles. The number of nitrogens with one attached hydrogen (secondary N) is 1. The standard InChI is InChI=1S/C12H24N2O2/c1-4-14-7-5-10(6-8-14)9-13-11(15)12(2,3)16/h10,16H,4-9H2,1-3H3,(H,13,15). The summed E-state index contributed by atoms with van der Waals surface area (Å²) in [6.07, 6.45) is 2.28. The second-order valence-electron chi connectivity index (χ2n) is 5.15. The molecule has 0 unspecified atom stereocenters. The van der Waals surface area contributed by atoms with E-state index in [2.05, 4.69) is 17.1 Å². The van der Waals surface area contributed by atoms with Gasteiger partial charge < -0.3 is 15.3 Å². The van der Waals surface area contributed by atoms with Crippen LogP contribution in [0.15, 0.2) is 0 Å². The molecule has 0 atom stereocenters. The number of hydrogen-bond acceptors (Lipinski definition) is 3. The molecule has 1 amide bonds. The molecule has 4 heteroatoms. The highest BCUT2D eigenvalue weighted by molar-refractivity contribution is 5.83. The molecule has 1 heterocycles. The smallest absolute Gasteiger partial charge is 0.251 e. The first kappa shape index (κ1) is 13.5. The predicted octanol–water partition coefficient (Wildman–Crippen LogP) is 0.605. The van der Waals surface area contributed by atoms with Crippen molar-refractivity contribution >= 4 is 5.91 Å². The third kappa shape index (κ3) is 4.10. The molecule has 2 N–H and O–H groups in total. The number of carbonyl (C=O) groups is 1. The van der Waals surface area contributed by atoms with Crippen molar-refractivity contribution in [1.82, 2.24) is 10.2 Å². The van der Waals surface area contributed by atoms with Crippen molar-refractivity contribution in [3.05, 3.63) is 0 Å². The maximum Gasteiger partial charge on any atom is 0.251 e. The summed E-state index contributed by atoms with van der Waals surface area (Å²) < 4.78 is 0. The number of amides is 1. The van der Waals surface area contributed by atoms with Gasteiger partial charge in [0.25, 0.3) is 5.91 Å². The Morgan fingerprint density at radius 2 is 2.00 bits per heavy atom. The molecule has 1 rings (SSSR count). The van der Waals surface area contributed by atoms with Gasteiger partial charge in [-0.1, -0.05) is 6.92 Å². The summed E-state index contributed by atoms with van der Waals surface area (Å²) in [6, 6.07) is 0. The lowest BCUT2D eigenvalue weighted by molar-refractivity contribution is -0.136. The van der Waals surface area contributed by atoms with Gasteiger partial charge >= 0.3 is 0 Å². The SMILES string of the molecule is CCN1CCC(CNC(=O)C(C)(C)O)CC1. The Labute approximate surface area is 98.0 Å². The molecule has 16 heavy (non-hydrogen) atoms. The molecule has 0 bridgehead atoms. The Balaban J connectivity index is 2.22. The van der Waals surface area contributed by atoms with Crippen LogP contribution in [0.4, 0.5) is 0 Å². The zero-order valence-corrected chi connectivity index (χ0v) is 10.6. The van der Waals surface area contributed by atoms with E-state index < -0.39 is 5.60 Å². The summed E-state index contributed by atoms with van der Waals surface area (Å²) in [5, 5.41) is 12.3. The van der Waals surface area contributed by atoms with E-state index in [1.54, 1.807) is 0 Å². The van der Waals surface area contributed by atoms with Crippen LogP contribution in [-0.2, 0) is 4.79 Å². The fourth-order valence-electron chi connectivity index (χ4n) is 1.96. The molecule has 1 aliphatic rings. The minimum atomic E-state index is -1.26. The number of nitrogens with zero attached hydrogens (tertiary/aromatic N) is 1. The van der Waals surface area contributed by atoms with Gasteiger partial charge in [0, 0.05) is 6.54 Å². The minimum absolute atomic E-state index is 0.273. The van der Waals surface area contributed by atoms with Crippen LogP contribution in [-0.4, -0.2) is 47.7 Å². The molecule has 0 aliphatic carbocycles. The van der Waals surface area contributed by atoms with Crippen LogP contribution in [0, 0.1) is 5.92 Å². The molecule has 0 radical (unpaired) electrons. The summed E-state index contributed by atoms with van der Waals surface area (Å²) in [4.78, 5) is 13.9. The van der Waals surface area contributed by atoms with E-state index in [9.17, 15) is 9.90 Å². The van der Waals surface area contributed by atoms with Crippen molar-refractivity contribution in [2.24, 2.45) is 5.92 Å². The lowest BCUT2D eigenvalue weighted by atomic mass is 9.96. The van der Waals surface area contributed by atoms with Crippen LogP contribution in [0.1, 0.15) is 33.6 Å². The van der Waals surface area contributed by atoms with Crippen molar-refractivity contribution in [3.8, 4) is 0 Å². The average molecular weight is 228 g/mol. The number of likely N-dealkylation sites (tertiary alicyclic amines) is 1. The van der Waals surface area contributed by atoms with Gasteiger partial charge in [0.05, 0.1) is 0 Å². The predicted molar refractivity (Wildman–Crippen MR) is 64.1 cm³/mol. The third-order valence-electron chi connectivity index (χ3n) is 3.26. The van der Waals surface area contributed by atoms with Crippen LogP contribution in [0.3, 0.4) is 0 Å². The van der Waals surface area contributed by atoms with Crippen LogP contribution in [0.2, 0.25) is 0 Å². The second-order valence-corrected chi connectivity index (χ2v) is 5.15. The number of carbonyl (C=O) groups excluding carboxylic acids is 1. The van der Waals surface area contributed by atoms with Gasteiger partial charge in [0.15, 0.2) is 0 Å². The Morgan fingerprint density at radius 1 is 1.44 bits per heavy atom. The molecule has 0 aromatic carbocycles. The molecule has 4 nitrogen and oxygen atoms in total. The Morgan fingerprint density at radius 3 is 2.44 bits per heavy atom. The molecule has 0 spiro atoms. The molecule has 0 aromatic heterocycles. The van der Waals surface area contributed by atoms with Crippen LogP contribution in [0.25, 0.3) is 0 Å². The summed E-state index contributed by atoms with van der Waals surface area (Å²) >= 11 is 0. The summed E-state index contributed by atoms with van der Waals surface area (Å²) in [7, 11) is 0. The average Bonchev–Trinajstić information content (AvgIpc) is 2.25. The van der Waals surface area contributed by atoms with Crippen molar-refractivity contribution in [2.75, 3.05) is 26.2 Å². The van der Waals surface area contributed by atoms with E-state index in [1.807, 2.05) is 0 Å². The quantitative estimate of drug-likeness (QED) is 0.741. The van der Waals surface area contributed by atoms with Gasteiger partial charge in [-0.3, -0.25) is 4.79 Å². The fraction of sp³-hybridized carbons (Fsp3) is 0.917. The topological polar surface area (TPSA) is 52.6 Å². The van der Waals surface area contributed by atoms with Crippen molar-refractivity contribution in [2.45, 2.75) is 39.2 Å². The van der Waals surface area contributed by atoms with Crippen molar-refractivity contribution in [1.29, 1.82) is 0 Å². The number of aliphatic hydroxyl groups is 1. The van der Waals surface area contributed by atoms with E-state index in [-0.39, 0.29) is 5.91 Å². The van der Waals surface area contributed by atoms with E-state index in [4.69, 9.17) is 0 Å². The first-order valence-electron chi connectivity index (χ1n) is 6.16. The van der Waals surface area contributed by atoms with Gasteiger partial charge in [0.2, 0.25) is 0 Å². The van der Waals surface area contributed by atoms with Crippen LogP contribution >= 0.6 is 0 Å². The van der Waals surface area contributed by atoms with Crippen LogP contribution < -0.4 is 5.32 Å². The largest absolute Gasteiger partial charge is 0.381 e. The Kier molecular flexibility index (Phi) is 4.74. The normalized spacial score (nSPS) is 19.8. The molecule has 1 aliphatic heterocycles. The van der Waals surface area contributed by atoms with E-state index in [0.29, 0.717) is 12.5 Å². The maximum atomic E-state index is 11.5. The fourth-order valence-corrected chi connectivity index (χ4v) is 1.96. The molecular weight excluding hydrogens is 204 g/mol. The number of rotatable bonds is 4. The minimum Gasteiger partial charge on any atom is -0.381 e. The summed E-state index contributed by atoms with van der Waals surface area (Å²) in [5.41, 5.74) is -1.26. The molecule has 0 aromatic rings. The van der Waals surface area contributed by atoms with E-state index in [0.717, 1.165) is 32.5 Å². The number of hydrogen-bond donors (Lipinski definition) is 2. The second kappa shape index (κ2) is 5.64. The summed E-state index contributed by atoms with van der Waals surface area (Å²) in [6.45, 7) is 9.27. The molecule has 1 saturated heterocycles. The third-order valence-corrected chi connectivity index (χ3v) is 3.26. The van der Waals surface area contributed by atoms with Crippen molar-refractivity contribution < 1.29 is 9.90 Å². The monoisotopic (exact) mass is 228 g/mol. The first-order valence-corrected chi connectivity index (χ1v) is 6.16. The van der Waals surface area contributed by atoms with Crippen LogP contribution in [0.5, 0.6) is 0 Å². The zero-order chi connectivity index (χ0) is 12.2. The van der Waals surface area contributed by atoms with Gasteiger partial charge in [-0.2, -0.15) is 0 Å². The van der Waals surface area contributed by atoms with Crippen molar-refractivity contribution in [3.63, 3.8) is 0 Å². The lowest BCUT2D eigenvalue weighted by Gasteiger charge is -2.31. The Bertz CT molecular complexity index is 228. The van der Waals surface area contributed by atoms with Gasteiger partial charge in [-0.15, -0.1) is 0 Å². The highest BCUT2D eigenvalue weighted by Gasteiger charge is 2.25. The van der Waals surface area contributed by atoms with Gasteiger partial charge in [-0.05, 0) is 52.2 Å². The Hall–Kier alpha value is -0.610. The first-order chi connectivity index (χ1) is 7.43. The lowest BCUT2D eigenvalue weighted by Crippen LogP contribution is -2.45. The molecule has 94 valence electrons. The maximum absolute atomic E-state index is 11.5. The molecular formula is C12H24N2O2. The molecule has 1 fully saturated rings. The highest BCUT2D eigenvalue weighted by atomic mass is 16.3. The van der Waals surface area contributed by atoms with E-state index >= 15 is 0 Å². The van der Waals surface area contributed by atoms with Gasteiger partial charge in [-0.25, -0.2) is 0 Å².